The maximum Gasteiger partial charge on any atom is 0.337 e. The number of nitro groups is 1. The van der Waals surface area contributed by atoms with E-state index >= 15 is 0 Å². The quantitative estimate of drug-likeness (QED) is 0.510. The molecule has 0 fully saturated rings. The Morgan fingerprint density at radius 3 is 2.58 bits per heavy atom. The molecule has 126 valence electrons. The van der Waals surface area contributed by atoms with E-state index in [1.165, 1.54) is 45.2 Å². The van der Waals surface area contributed by atoms with Crippen molar-refractivity contribution >= 4 is 23.6 Å². The number of allylic oxidation sites excluding steroid dienone is 1. The number of amides is 3. The van der Waals surface area contributed by atoms with Gasteiger partial charge in [-0.15, -0.1) is 0 Å². The molecule has 3 amide bonds. The van der Waals surface area contributed by atoms with Crippen LogP contribution >= 0.6 is 0 Å². The first-order valence-electron chi connectivity index (χ1n) is 6.92. The van der Waals surface area contributed by atoms with Crippen molar-refractivity contribution in [2.75, 3.05) is 7.11 Å². The second kappa shape index (κ2) is 6.49. The number of nitrogens with one attached hydrogen (secondary N) is 1. The number of hydrogen-bond donors (Lipinski definition) is 1. The third kappa shape index (κ3) is 2.96. The van der Waals surface area contributed by atoms with Crippen molar-refractivity contribution in [3.63, 3.8) is 0 Å². The van der Waals surface area contributed by atoms with Crippen molar-refractivity contribution in [1.82, 2.24) is 10.2 Å². The van der Waals surface area contributed by atoms with E-state index in [1.807, 2.05) is 0 Å². The molecule has 2 rings (SSSR count). The zero-order valence-electron chi connectivity index (χ0n) is 13.2. The van der Waals surface area contributed by atoms with E-state index in [9.17, 15) is 24.5 Å². The standard InChI is InChI=1S/C15H15N3O6/c1-8-12(14(20)24-3)13(17(9(2)19)15(21)16-8)10-5-4-6-11(7-10)18(22)23/h4-7,13H,1-3H3,(H,16,21)/t13-/m1/s1. The first-order valence-corrected chi connectivity index (χ1v) is 6.92. The van der Waals surface area contributed by atoms with Crippen LogP contribution in [0.1, 0.15) is 25.5 Å². The lowest BCUT2D eigenvalue weighted by atomic mass is 9.93. The molecule has 0 unspecified atom stereocenters. The van der Waals surface area contributed by atoms with E-state index in [-0.39, 0.29) is 22.5 Å². The summed E-state index contributed by atoms with van der Waals surface area (Å²) in [6.45, 7) is 2.66. The minimum atomic E-state index is -1.11. The second-order valence-corrected chi connectivity index (χ2v) is 5.10. The third-order valence-electron chi connectivity index (χ3n) is 3.59. The fourth-order valence-corrected chi connectivity index (χ4v) is 2.56. The molecule has 1 aliphatic rings. The van der Waals surface area contributed by atoms with Crippen LogP contribution in [0.3, 0.4) is 0 Å². The first kappa shape index (κ1) is 17.1. The molecule has 9 nitrogen and oxygen atoms in total. The Hall–Kier alpha value is -3.23. The monoisotopic (exact) mass is 333 g/mol. The highest BCUT2D eigenvalue weighted by atomic mass is 16.6. The summed E-state index contributed by atoms with van der Waals surface area (Å²) in [6.07, 6.45) is 0. The van der Waals surface area contributed by atoms with Crippen molar-refractivity contribution in [3.8, 4) is 0 Å². The van der Waals surface area contributed by atoms with Gasteiger partial charge in [0.05, 0.1) is 17.6 Å². The van der Waals surface area contributed by atoms with E-state index < -0.39 is 28.9 Å². The Balaban J connectivity index is 2.69. The highest BCUT2D eigenvalue weighted by Gasteiger charge is 2.40. The maximum absolute atomic E-state index is 12.2. The molecule has 1 aliphatic heterocycles. The second-order valence-electron chi connectivity index (χ2n) is 5.10. The Labute approximate surface area is 137 Å². The lowest BCUT2D eigenvalue weighted by Gasteiger charge is -2.35. The van der Waals surface area contributed by atoms with E-state index in [0.717, 1.165) is 4.90 Å². The molecule has 1 atom stereocenters. The Bertz CT molecular complexity index is 770. The predicted molar refractivity (Wildman–Crippen MR) is 81.6 cm³/mol. The van der Waals surface area contributed by atoms with Crippen molar-refractivity contribution < 1.29 is 24.0 Å². The average Bonchev–Trinajstić information content (AvgIpc) is 2.53. The average molecular weight is 333 g/mol. The number of benzene rings is 1. The number of carbonyl (C=O) groups excluding carboxylic acids is 3. The summed E-state index contributed by atoms with van der Waals surface area (Å²) in [5.74, 6) is -1.35. The summed E-state index contributed by atoms with van der Waals surface area (Å²) in [4.78, 5) is 47.5. The SMILES string of the molecule is COC(=O)C1=C(C)NC(=O)N(C(C)=O)[C@@H]1c1cccc([N+](=O)[O-])c1. The van der Waals surface area contributed by atoms with Crippen molar-refractivity contribution in [3.05, 3.63) is 51.2 Å². The summed E-state index contributed by atoms with van der Waals surface area (Å²) < 4.78 is 4.73. The van der Waals surface area contributed by atoms with Gasteiger partial charge in [0.15, 0.2) is 0 Å². The van der Waals surface area contributed by atoms with Crippen LogP contribution in [0.4, 0.5) is 10.5 Å². The number of urea groups is 1. The molecule has 0 aromatic heterocycles. The van der Waals surface area contributed by atoms with Gasteiger partial charge in [0, 0.05) is 24.8 Å². The van der Waals surface area contributed by atoms with Crippen LogP contribution in [0.25, 0.3) is 0 Å². The van der Waals surface area contributed by atoms with Gasteiger partial charge >= 0.3 is 12.0 Å². The number of methoxy groups -OCH3 is 1. The summed E-state index contributed by atoms with van der Waals surface area (Å²) in [6, 6.07) is 3.59. The van der Waals surface area contributed by atoms with E-state index in [4.69, 9.17) is 4.74 Å². The minimum absolute atomic E-state index is 0.0350. The smallest absolute Gasteiger partial charge is 0.337 e. The number of carbonyl (C=O) groups is 3. The lowest BCUT2D eigenvalue weighted by Crippen LogP contribution is -2.50. The molecule has 1 N–H and O–H groups in total. The molecule has 0 saturated heterocycles. The van der Waals surface area contributed by atoms with Crippen LogP contribution in [-0.2, 0) is 14.3 Å². The molecule has 1 heterocycles. The third-order valence-corrected chi connectivity index (χ3v) is 3.59. The molecule has 24 heavy (non-hydrogen) atoms. The normalized spacial score (nSPS) is 17.4. The first-order chi connectivity index (χ1) is 11.3. The maximum atomic E-state index is 12.2. The summed E-state index contributed by atoms with van der Waals surface area (Å²) in [5, 5.41) is 13.4. The van der Waals surface area contributed by atoms with Gasteiger partial charge < -0.3 is 10.1 Å². The van der Waals surface area contributed by atoms with Crippen LogP contribution in [0.5, 0.6) is 0 Å². The molecular weight excluding hydrogens is 318 g/mol. The van der Waals surface area contributed by atoms with Gasteiger partial charge in [-0.05, 0) is 12.5 Å². The molecular formula is C15H15N3O6. The van der Waals surface area contributed by atoms with Crippen LogP contribution in [0.2, 0.25) is 0 Å². The zero-order chi connectivity index (χ0) is 18.0. The molecule has 0 spiro atoms. The summed E-state index contributed by atoms with van der Waals surface area (Å²) in [5.41, 5.74) is 0.298. The number of esters is 1. The van der Waals surface area contributed by atoms with Crippen molar-refractivity contribution in [2.24, 2.45) is 0 Å². The Kier molecular flexibility index (Phi) is 4.63. The van der Waals surface area contributed by atoms with Gasteiger partial charge in [-0.3, -0.25) is 19.8 Å². The zero-order valence-corrected chi connectivity index (χ0v) is 13.2. The highest BCUT2D eigenvalue weighted by Crippen LogP contribution is 2.35. The van der Waals surface area contributed by atoms with Gasteiger partial charge in [-0.25, -0.2) is 9.59 Å². The van der Waals surface area contributed by atoms with Gasteiger partial charge in [0.1, 0.15) is 6.04 Å². The highest BCUT2D eigenvalue weighted by molar-refractivity contribution is 6.01. The summed E-state index contributed by atoms with van der Waals surface area (Å²) in [7, 11) is 1.17. The fourth-order valence-electron chi connectivity index (χ4n) is 2.56. The Morgan fingerprint density at radius 1 is 1.38 bits per heavy atom. The predicted octanol–water partition coefficient (Wildman–Crippen LogP) is 1.65. The number of nitro benzene ring substituents is 1. The number of imide groups is 1. The number of nitrogens with zero attached hydrogens (tertiary/aromatic N) is 2. The molecule has 0 saturated carbocycles. The largest absolute Gasteiger partial charge is 0.466 e. The number of ether oxygens (including phenoxy) is 1. The van der Waals surface area contributed by atoms with Crippen molar-refractivity contribution in [1.29, 1.82) is 0 Å². The number of hydrogen-bond acceptors (Lipinski definition) is 6. The Morgan fingerprint density at radius 2 is 2.04 bits per heavy atom. The molecule has 0 aliphatic carbocycles. The van der Waals surface area contributed by atoms with Gasteiger partial charge in [0.25, 0.3) is 5.69 Å². The van der Waals surface area contributed by atoms with Crippen LogP contribution in [0.15, 0.2) is 35.5 Å². The fraction of sp³-hybridized carbons (Fsp3) is 0.267. The molecule has 0 radical (unpaired) electrons. The molecule has 0 bridgehead atoms. The van der Waals surface area contributed by atoms with E-state index in [2.05, 4.69) is 5.32 Å². The number of rotatable bonds is 3. The molecule has 1 aromatic carbocycles. The van der Waals surface area contributed by atoms with Crippen molar-refractivity contribution in [2.45, 2.75) is 19.9 Å². The number of non-ortho nitro benzene ring substituents is 1. The van der Waals surface area contributed by atoms with E-state index in [0.29, 0.717) is 0 Å². The van der Waals surface area contributed by atoms with E-state index in [1.54, 1.807) is 0 Å². The topological polar surface area (TPSA) is 119 Å². The van der Waals surface area contributed by atoms with Crippen LogP contribution in [0, 0.1) is 10.1 Å². The minimum Gasteiger partial charge on any atom is -0.466 e. The van der Waals surface area contributed by atoms with Gasteiger partial charge in [0.2, 0.25) is 5.91 Å². The van der Waals surface area contributed by atoms with Crippen LogP contribution < -0.4 is 5.32 Å². The van der Waals surface area contributed by atoms with Gasteiger partial charge in [-0.2, -0.15) is 0 Å². The van der Waals surface area contributed by atoms with Crippen LogP contribution in [-0.4, -0.2) is 34.8 Å². The summed E-state index contributed by atoms with van der Waals surface area (Å²) >= 11 is 0. The van der Waals surface area contributed by atoms with Gasteiger partial charge in [-0.1, -0.05) is 12.1 Å². The lowest BCUT2D eigenvalue weighted by molar-refractivity contribution is -0.384. The molecule has 9 heteroatoms. The molecule has 1 aromatic rings.